The van der Waals surface area contributed by atoms with Crippen molar-refractivity contribution in [1.29, 1.82) is 0 Å². The molecule has 0 unspecified atom stereocenters. The lowest BCUT2D eigenvalue weighted by atomic mass is 10.1. The van der Waals surface area contributed by atoms with Gasteiger partial charge in [-0.05, 0) is 13.0 Å². The van der Waals surface area contributed by atoms with E-state index in [1.165, 1.54) is 0 Å². The number of aromatic nitrogens is 2. The van der Waals surface area contributed by atoms with E-state index >= 15 is 0 Å². The number of hydrogen-bond acceptors (Lipinski definition) is 2. The van der Waals surface area contributed by atoms with Crippen molar-refractivity contribution in [2.75, 3.05) is 0 Å². The molecule has 14 heavy (non-hydrogen) atoms. The van der Waals surface area contributed by atoms with Gasteiger partial charge in [0.25, 0.3) is 0 Å². The zero-order valence-electron chi connectivity index (χ0n) is 7.34. The maximum absolute atomic E-state index is 10.9. The van der Waals surface area contributed by atoms with Crippen molar-refractivity contribution in [3.63, 3.8) is 0 Å². The minimum absolute atomic E-state index is 0.175. The van der Waals surface area contributed by atoms with Crippen LogP contribution < -0.4 is 0 Å². The summed E-state index contributed by atoms with van der Waals surface area (Å²) in [6.45, 7) is 1.62. The van der Waals surface area contributed by atoms with Crippen LogP contribution in [0.25, 0.3) is 10.9 Å². The molecule has 0 fully saturated rings. The lowest BCUT2D eigenvalue weighted by molar-refractivity contribution is 0.0697. The number of nitrogens with one attached hydrogen (secondary N) is 1. The molecule has 2 heterocycles. The van der Waals surface area contributed by atoms with Crippen LogP contribution in [0.3, 0.4) is 0 Å². The minimum Gasteiger partial charge on any atom is -0.478 e. The molecule has 0 saturated heterocycles. The Morgan fingerprint density at radius 1 is 1.64 bits per heavy atom. The fourth-order valence-electron chi connectivity index (χ4n) is 1.45. The Morgan fingerprint density at radius 2 is 2.36 bits per heavy atom. The van der Waals surface area contributed by atoms with Crippen LogP contribution in [0.5, 0.6) is 0 Å². The van der Waals surface area contributed by atoms with Crippen molar-refractivity contribution in [1.82, 2.24) is 9.97 Å². The minimum atomic E-state index is -1.00. The first kappa shape index (κ1) is 9.02. The zero-order valence-corrected chi connectivity index (χ0v) is 8.09. The van der Waals surface area contributed by atoms with Crippen molar-refractivity contribution in [3.05, 3.63) is 28.7 Å². The summed E-state index contributed by atoms with van der Waals surface area (Å²) < 4.78 is 0. The largest absolute Gasteiger partial charge is 0.478 e. The molecule has 5 heteroatoms. The monoisotopic (exact) mass is 210 g/mol. The van der Waals surface area contributed by atoms with E-state index in [1.54, 1.807) is 19.2 Å². The molecule has 2 rings (SSSR count). The van der Waals surface area contributed by atoms with Gasteiger partial charge < -0.3 is 10.1 Å². The Morgan fingerprint density at radius 3 is 3.00 bits per heavy atom. The molecule has 72 valence electrons. The molecular formula is C9H7ClN2O2. The molecule has 0 aliphatic heterocycles. The summed E-state index contributed by atoms with van der Waals surface area (Å²) in [6.07, 6.45) is 1.64. The number of halogens is 1. The first-order valence-corrected chi connectivity index (χ1v) is 4.35. The Balaban J connectivity index is 2.93. The molecule has 0 radical (unpaired) electrons. The van der Waals surface area contributed by atoms with Crippen molar-refractivity contribution >= 4 is 28.5 Å². The number of rotatable bonds is 1. The second kappa shape index (κ2) is 2.99. The van der Waals surface area contributed by atoms with E-state index in [9.17, 15) is 4.79 Å². The normalized spacial score (nSPS) is 10.7. The predicted molar refractivity (Wildman–Crippen MR) is 52.8 cm³/mol. The number of H-pyrrole nitrogens is 1. The quantitative estimate of drug-likeness (QED) is 0.710. The van der Waals surface area contributed by atoms with Crippen molar-refractivity contribution in [2.24, 2.45) is 0 Å². The molecule has 2 aromatic heterocycles. The number of nitrogens with zero attached hydrogens (tertiary/aromatic N) is 1. The van der Waals surface area contributed by atoms with Gasteiger partial charge >= 0.3 is 5.97 Å². The van der Waals surface area contributed by atoms with E-state index < -0.39 is 5.97 Å². The molecule has 0 atom stereocenters. The molecule has 0 spiro atoms. The predicted octanol–water partition coefficient (Wildman–Crippen LogP) is 2.22. The third kappa shape index (κ3) is 1.15. The summed E-state index contributed by atoms with van der Waals surface area (Å²) in [5.41, 5.74) is 1.11. The van der Waals surface area contributed by atoms with Gasteiger partial charge in [-0.2, -0.15) is 0 Å². The molecule has 2 aromatic rings. The smallest absolute Gasteiger partial charge is 0.339 e. The summed E-state index contributed by atoms with van der Waals surface area (Å²) >= 11 is 5.86. The standard InChI is InChI=1S/C9H7ClN2O2/c1-4-6(9(13)14)7-5(2-3-11-7)8(10)12-4/h2-3,11H,1H3,(H,13,14). The number of aryl methyl sites for hydroxylation is 1. The second-order valence-corrected chi connectivity index (χ2v) is 3.29. The SMILES string of the molecule is Cc1nc(Cl)c2cc[nH]c2c1C(=O)O. The summed E-state index contributed by atoms with van der Waals surface area (Å²) in [6, 6.07) is 1.70. The van der Waals surface area contributed by atoms with Crippen LogP contribution in [-0.2, 0) is 0 Å². The first-order chi connectivity index (χ1) is 6.61. The molecule has 0 bridgehead atoms. The molecule has 0 aliphatic carbocycles. The van der Waals surface area contributed by atoms with E-state index in [1.807, 2.05) is 0 Å². The third-order valence-electron chi connectivity index (χ3n) is 2.06. The number of aromatic amines is 1. The number of fused-ring (bicyclic) bond motifs is 1. The average molecular weight is 211 g/mol. The Bertz CT molecular complexity index is 519. The van der Waals surface area contributed by atoms with Gasteiger partial charge in [0.2, 0.25) is 0 Å². The Hall–Kier alpha value is -1.55. The number of pyridine rings is 1. The van der Waals surface area contributed by atoms with Crippen LogP contribution >= 0.6 is 11.6 Å². The summed E-state index contributed by atoms with van der Waals surface area (Å²) in [5.74, 6) is -1.00. The van der Waals surface area contributed by atoms with Gasteiger partial charge in [-0.3, -0.25) is 0 Å². The second-order valence-electron chi connectivity index (χ2n) is 2.93. The molecule has 0 saturated carbocycles. The molecule has 0 aromatic carbocycles. The summed E-state index contributed by atoms with van der Waals surface area (Å²) in [5, 5.41) is 9.93. The van der Waals surface area contributed by atoms with Gasteiger partial charge in [0.05, 0.1) is 11.2 Å². The molecule has 4 nitrogen and oxygen atoms in total. The number of aromatic carboxylic acids is 1. The molecule has 0 amide bonds. The van der Waals surface area contributed by atoms with Gasteiger partial charge in [0.15, 0.2) is 0 Å². The fraction of sp³-hybridized carbons (Fsp3) is 0.111. The Kier molecular flexibility index (Phi) is 1.93. The van der Waals surface area contributed by atoms with Gasteiger partial charge in [-0.15, -0.1) is 0 Å². The molecule has 2 N–H and O–H groups in total. The van der Waals surface area contributed by atoms with Crippen LogP contribution in [-0.4, -0.2) is 21.0 Å². The molecule has 0 aliphatic rings. The van der Waals surface area contributed by atoms with Gasteiger partial charge in [0, 0.05) is 11.6 Å². The van der Waals surface area contributed by atoms with Crippen LogP contribution in [0, 0.1) is 6.92 Å². The van der Waals surface area contributed by atoms with Crippen LogP contribution in [0.4, 0.5) is 0 Å². The average Bonchev–Trinajstić information content (AvgIpc) is 2.51. The maximum Gasteiger partial charge on any atom is 0.339 e. The van der Waals surface area contributed by atoms with E-state index in [4.69, 9.17) is 16.7 Å². The maximum atomic E-state index is 10.9. The van der Waals surface area contributed by atoms with E-state index in [0.29, 0.717) is 21.7 Å². The topological polar surface area (TPSA) is 66.0 Å². The number of carboxylic acids is 1. The van der Waals surface area contributed by atoms with E-state index in [-0.39, 0.29) is 5.56 Å². The van der Waals surface area contributed by atoms with Gasteiger partial charge in [-0.1, -0.05) is 11.6 Å². The number of carbonyl (C=O) groups is 1. The third-order valence-corrected chi connectivity index (χ3v) is 2.35. The highest BCUT2D eigenvalue weighted by Gasteiger charge is 2.16. The highest BCUT2D eigenvalue weighted by atomic mass is 35.5. The van der Waals surface area contributed by atoms with Gasteiger partial charge in [-0.25, -0.2) is 9.78 Å². The first-order valence-electron chi connectivity index (χ1n) is 3.97. The lowest BCUT2D eigenvalue weighted by Gasteiger charge is -2.02. The summed E-state index contributed by atoms with van der Waals surface area (Å²) in [4.78, 5) is 17.7. The zero-order chi connectivity index (χ0) is 10.3. The highest BCUT2D eigenvalue weighted by molar-refractivity contribution is 6.34. The van der Waals surface area contributed by atoms with Crippen LogP contribution in [0.1, 0.15) is 16.1 Å². The Labute approximate surface area is 84.5 Å². The van der Waals surface area contributed by atoms with Crippen molar-refractivity contribution in [3.8, 4) is 0 Å². The van der Waals surface area contributed by atoms with E-state index in [0.717, 1.165) is 0 Å². The van der Waals surface area contributed by atoms with Gasteiger partial charge in [0.1, 0.15) is 10.7 Å². The van der Waals surface area contributed by atoms with Crippen LogP contribution in [0.2, 0.25) is 5.15 Å². The highest BCUT2D eigenvalue weighted by Crippen LogP contribution is 2.25. The van der Waals surface area contributed by atoms with Crippen molar-refractivity contribution in [2.45, 2.75) is 6.92 Å². The fourth-order valence-corrected chi connectivity index (χ4v) is 1.74. The van der Waals surface area contributed by atoms with Crippen molar-refractivity contribution < 1.29 is 9.90 Å². The summed E-state index contributed by atoms with van der Waals surface area (Å²) in [7, 11) is 0. The van der Waals surface area contributed by atoms with Crippen LogP contribution in [0.15, 0.2) is 12.3 Å². The lowest BCUT2D eigenvalue weighted by Crippen LogP contribution is -2.03. The number of hydrogen-bond donors (Lipinski definition) is 2. The molecular weight excluding hydrogens is 204 g/mol. The number of carboxylic acid groups (broad SMARTS) is 1. The van der Waals surface area contributed by atoms with E-state index in [2.05, 4.69) is 9.97 Å².